The molecule has 6 heteroatoms. The van der Waals surface area contributed by atoms with Gasteiger partial charge in [0, 0.05) is 41.7 Å². The van der Waals surface area contributed by atoms with E-state index in [-0.39, 0.29) is 42.8 Å². The second-order valence-electron chi connectivity index (χ2n) is 4.73. The molecule has 3 nitrogen and oxygen atoms in total. The van der Waals surface area contributed by atoms with Gasteiger partial charge in [-0.25, -0.2) is 4.39 Å². The molecule has 1 aliphatic rings. The highest BCUT2D eigenvalue weighted by atomic mass is 35.5. The van der Waals surface area contributed by atoms with Crippen molar-refractivity contribution in [1.82, 2.24) is 4.98 Å². The quantitative estimate of drug-likeness (QED) is 0.916. The van der Waals surface area contributed by atoms with Crippen LogP contribution in [0.2, 0.25) is 0 Å². The summed E-state index contributed by atoms with van der Waals surface area (Å²) in [6.45, 7) is 0.662. The van der Waals surface area contributed by atoms with Crippen LogP contribution in [0.3, 0.4) is 0 Å². The lowest BCUT2D eigenvalue weighted by Gasteiger charge is -2.15. The van der Waals surface area contributed by atoms with Crippen molar-refractivity contribution in [2.45, 2.75) is 18.6 Å². The van der Waals surface area contributed by atoms with Gasteiger partial charge in [0.15, 0.2) is 0 Å². The number of aromatic nitrogens is 1. The van der Waals surface area contributed by atoms with Gasteiger partial charge in [0.05, 0.1) is 6.10 Å². The number of halogens is 3. The molecule has 0 amide bonds. The Bertz CT molecular complexity index is 597. The van der Waals surface area contributed by atoms with Crippen LogP contribution in [-0.2, 0) is 4.74 Å². The van der Waals surface area contributed by atoms with Crippen molar-refractivity contribution < 1.29 is 9.13 Å². The van der Waals surface area contributed by atoms with Crippen LogP contribution in [0.5, 0.6) is 0 Å². The normalized spacial score (nSPS) is 20.5. The summed E-state index contributed by atoms with van der Waals surface area (Å²) >= 11 is 0. The Hall–Kier alpha value is -1.20. The fourth-order valence-corrected chi connectivity index (χ4v) is 2.41. The molecule has 0 saturated carbocycles. The molecule has 1 aliphatic heterocycles. The predicted molar refractivity (Wildman–Crippen MR) is 85.4 cm³/mol. The number of hydrogen-bond acceptors (Lipinski definition) is 3. The van der Waals surface area contributed by atoms with Crippen molar-refractivity contribution in [2.75, 3.05) is 6.61 Å². The van der Waals surface area contributed by atoms with Gasteiger partial charge < -0.3 is 10.5 Å². The largest absolute Gasteiger partial charge is 0.372 e. The third kappa shape index (κ3) is 3.71. The summed E-state index contributed by atoms with van der Waals surface area (Å²) in [6, 6.07) is 8.56. The van der Waals surface area contributed by atoms with Gasteiger partial charge in [0.1, 0.15) is 5.82 Å². The molecule has 0 bridgehead atoms. The highest BCUT2D eigenvalue weighted by Gasteiger charge is 2.26. The fraction of sp³-hybridized carbons (Fsp3) is 0.267. The summed E-state index contributed by atoms with van der Waals surface area (Å²) in [5.41, 5.74) is 8.20. The molecule has 2 aromatic rings. The van der Waals surface area contributed by atoms with Crippen molar-refractivity contribution >= 4 is 24.8 Å². The number of benzene rings is 1. The molecule has 3 rings (SSSR count). The Kier molecular flexibility index (Phi) is 6.55. The van der Waals surface area contributed by atoms with Gasteiger partial charge in [-0.15, -0.1) is 24.8 Å². The maximum absolute atomic E-state index is 13.8. The van der Waals surface area contributed by atoms with E-state index in [1.165, 1.54) is 6.07 Å². The highest BCUT2D eigenvalue weighted by Crippen LogP contribution is 2.30. The second-order valence-corrected chi connectivity index (χ2v) is 4.73. The van der Waals surface area contributed by atoms with Crippen LogP contribution in [0.15, 0.2) is 42.7 Å². The first-order valence-corrected chi connectivity index (χ1v) is 6.33. The van der Waals surface area contributed by atoms with Crippen LogP contribution in [-0.4, -0.2) is 17.6 Å². The zero-order chi connectivity index (χ0) is 13.2. The number of nitrogens with two attached hydrogens (primary N) is 1. The molecule has 1 aromatic carbocycles. The summed E-state index contributed by atoms with van der Waals surface area (Å²) in [5, 5.41) is 0. The molecular weight excluding hydrogens is 314 g/mol. The van der Waals surface area contributed by atoms with Gasteiger partial charge >= 0.3 is 0 Å². The monoisotopic (exact) mass is 330 g/mol. The van der Waals surface area contributed by atoms with Gasteiger partial charge in [-0.05, 0) is 18.6 Å². The lowest BCUT2D eigenvalue weighted by Crippen LogP contribution is -2.23. The lowest BCUT2D eigenvalue weighted by molar-refractivity contribution is 0.105. The highest BCUT2D eigenvalue weighted by molar-refractivity contribution is 5.85. The van der Waals surface area contributed by atoms with Crippen molar-refractivity contribution in [2.24, 2.45) is 5.73 Å². The maximum atomic E-state index is 13.8. The van der Waals surface area contributed by atoms with Crippen molar-refractivity contribution in [3.8, 4) is 11.1 Å². The molecule has 2 atom stereocenters. The Morgan fingerprint density at radius 3 is 2.62 bits per heavy atom. The minimum absolute atomic E-state index is 0. The Morgan fingerprint density at radius 1 is 1.19 bits per heavy atom. The van der Waals surface area contributed by atoms with E-state index >= 15 is 0 Å². The summed E-state index contributed by atoms with van der Waals surface area (Å²) in [7, 11) is 0. The molecule has 0 spiro atoms. The SMILES string of the molecule is Cl.Cl.N[C@@H]1CCO[C@H]1c1cncc(-c2ccccc2F)c1. The van der Waals surface area contributed by atoms with Crippen LogP contribution < -0.4 is 5.73 Å². The summed E-state index contributed by atoms with van der Waals surface area (Å²) in [5.74, 6) is -0.252. The van der Waals surface area contributed by atoms with Crippen LogP contribution in [0.4, 0.5) is 4.39 Å². The van der Waals surface area contributed by atoms with Gasteiger partial charge in [-0.1, -0.05) is 18.2 Å². The van der Waals surface area contributed by atoms with Gasteiger partial charge in [-0.3, -0.25) is 4.98 Å². The van der Waals surface area contributed by atoms with Crippen LogP contribution in [0, 0.1) is 5.82 Å². The molecule has 2 heterocycles. The Morgan fingerprint density at radius 2 is 1.95 bits per heavy atom. The smallest absolute Gasteiger partial charge is 0.131 e. The first-order chi connectivity index (χ1) is 9.25. The zero-order valence-electron chi connectivity index (χ0n) is 11.2. The molecule has 0 unspecified atom stereocenters. The average molecular weight is 331 g/mol. The number of pyridine rings is 1. The van der Waals surface area contributed by atoms with E-state index in [4.69, 9.17) is 10.5 Å². The molecule has 2 N–H and O–H groups in total. The predicted octanol–water partition coefficient (Wildman–Crippen LogP) is 3.52. The Labute approximate surface area is 135 Å². The number of ether oxygens (including phenoxy) is 1. The molecular formula is C15H17Cl2FN2O. The van der Waals surface area contributed by atoms with Crippen molar-refractivity contribution in [3.63, 3.8) is 0 Å². The first-order valence-electron chi connectivity index (χ1n) is 6.33. The third-order valence-electron chi connectivity index (χ3n) is 3.41. The van der Waals surface area contributed by atoms with Gasteiger partial charge in [0.25, 0.3) is 0 Å². The third-order valence-corrected chi connectivity index (χ3v) is 3.41. The molecule has 0 aliphatic carbocycles. The van der Waals surface area contributed by atoms with Crippen LogP contribution >= 0.6 is 24.8 Å². The fourth-order valence-electron chi connectivity index (χ4n) is 2.41. The van der Waals surface area contributed by atoms with E-state index in [0.29, 0.717) is 12.2 Å². The topological polar surface area (TPSA) is 48.1 Å². The molecule has 114 valence electrons. The molecule has 21 heavy (non-hydrogen) atoms. The van der Waals surface area contributed by atoms with Crippen LogP contribution in [0.1, 0.15) is 18.1 Å². The minimum atomic E-state index is -0.252. The average Bonchev–Trinajstić information content (AvgIpc) is 2.86. The Balaban J connectivity index is 0.00000110. The van der Waals surface area contributed by atoms with E-state index < -0.39 is 0 Å². The van der Waals surface area contributed by atoms with Crippen molar-refractivity contribution in [1.29, 1.82) is 0 Å². The van der Waals surface area contributed by atoms with E-state index in [2.05, 4.69) is 4.98 Å². The molecule has 0 radical (unpaired) electrons. The molecule has 1 saturated heterocycles. The number of rotatable bonds is 2. The number of hydrogen-bond donors (Lipinski definition) is 1. The summed E-state index contributed by atoms with van der Waals surface area (Å²) in [6.07, 6.45) is 4.09. The standard InChI is InChI=1S/C15H15FN2O.2ClH/c16-13-4-2-1-3-12(13)10-7-11(9-18-8-10)15-14(17)5-6-19-15;;/h1-4,7-9,14-15H,5-6,17H2;2*1H/t14-,15+;;/m1../s1. The van der Waals surface area contributed by atoms with Crippen molar-refractivity contribution in [3.05, 3.63) is 54.1 Å². The summed E-state index contributed by atoms with van der Waals surface area (Å²) < 4.78 is 19.4. The van der Waals surface area contributed by atoms with Crippen LogP contribution in [0.25, 0.3) is 11.1 Å². The summed E-state index contributed by atoms with van der Waals surface area (Å²) in [4.78, 5) is 4.18. The van der Waals surface area contributed by atoms with Gasteiger partial charge in [-0.2, -0.15) is 0 Å². The second kappa shape index (κ2) is 7.71. The minimum Gasteiger partial charge on any atom is -0.372 e. The van der Waals surface area contributed by atoms with Gasteiger partial charge in [0.2, 0.25) is 0 Å². The van der Waals surface area contributed by atoms with E-state index in [0.717, 1.165) is 17.5 Å². The maximum Gasteiger partial charge on any atom is 0.131 e. The zero-order valence-corrected chi connectivity index (χ0v) is 12.9. The number of nitrogens with zero attached hydrogens (tertiary/aromatic N) is 1. The molecule has 1 fully saturated rings. The lowest BCUT2D eigenvalue weighted by atomic mass is 10.0. The van der Waals surface area contributed by atoms with E-state index in [9.17, 15) is 4.39 Å². The first kappa shape index (κ1) is 17.9. The van der Waals surface area contributed by atoms with E-state index in [1.807, 2.05) is 12.1 Å². The molecule has 1 aromatic heterocycles. The van der Waals surface area contributed by atoms with E-state index in [1.54, 1.807) is 24.5 Å².